The molecule has 1 atom stereocenters. The van der Waals surface area contributed by atoms with Gasteiger partial charge in [0.2, 0.25) is 5.91 Å². The quantitative estimate of drug-likeness (QED) is 0.848. The average molecular weight is 345 g/mol. The van der Waals surface area contributed by atoms with Gasteiger partial charge in [-0.1, -0.05) is 29.8 Å². The van der Waals surface area contributed by atoms with E-state index in [2.05, 4.69) is 5.32 Å². The van der Waals surface area contributed by atoms with E-state index in [0.717, 1.165) is 5.56 Å². The first kappa shape index (κ1) is 17.2. The standard InChI is InChI=1S/C15H21ClN2O3S/c1-2-18(13-7-8-22(20,21)11-13)15(19)10-17-9-12-5-3-4-6-14(12)16/h3-6,13,17H,2,7-11H2,1H3. The zero-order valence-electron chi connectivity index (χ0n) is 12.6. The number of likely N-dealkylation sites (N-methyl/N-ethyl adjacent to an activating group) is 1. The van der Waals surface area contributed by atoms with Crippen LogP contribution in [0.5, 0.6) is 0 Å². The molecular weight excluding hydrogens is 324 g/mol. The molecule has 1 aromatic carbocycles. The Morgan fingerprint density at radius 1 is 1.41 bits per heavy atom. The third-order valence-electron chi connectivity index (χ3n) is 3.86. The molecule has 22 heavy (non-hydrogen) atoms. The van der Waals surface area contributed by atoms with E-state index >= 15 is 0 Å². The summed E-state index contributed by atoms with van der Waals surface area (Å²) in [7, 11) is -2.98. The molecule has 1 unspecified atom stereocenters. The van der Waals surface area contributed by atoms with Crippen molar-refractivity contribution in [3.05, 3.63) is 34.9 Å². The summed E-state index contributed by atoms with van der Waals surface area (Å²) in [4.78, 5) is 13.9. The number of halogens is 1. The number of hydrogen-bond acceptors (Lipinski definition) is 4. The number of nitrogens with zero attached hydrogens (tertiary/aromatic N) is 1. The van der Waals surface area contributed by atoms with Gasteiger partial charge in [0.15, 0.2) is 9.84 Å². The SMILES string of the molecule is CCN(C(=O)CNCc1ccccc1Cl)C1CCS(=O)(=O)C1. The lowest BCUT2D eigenvalue weighted by atomic mass is 10.2. The number of benzene rings is 1. The summed E-state index contributed by atoms with van der Waals surface area (Å²) in [6.07, 6.45) is 0.534. The van der Waals surface area contributed by atoms with Crippen LogP contribution >= 0.6 is 11.6 Å². The molecule has 0 bridgehead atoms. The van der Waals surface area contributed by atoms with Crippen molar-refractivity contribution in [2.75, 3.05) is 24.6 Å². The fourth-order valence-electron chi connectivity index (χ4n) is 2.71. The maximum absolute atomic E-state index is 12.3. The molecule has 7 heteroatoms. The summed E-state index contributed by atoms with van der Waals surface area (Å²) in [5.74, 6) is 0.183. The number of rotatable bonds is 6. The summed E-state index contributed by atoms with van der Waals surface area (Å²) in [5.41, 5.74) is 0.934. The smallest absolute Gasteiger partial charge is 0.236 e. The Kier molecular flexibility index (Phi) is 5.83. The average Bonchev–Trinajstić information content (AvgIpc) is 2.82. The molecule has 2 rings (SSSR count). The zero-order chi connectivity index (χ0) is 16.2. The number of carbonyl (C=O) groups is 1. The molecule has 1 aromatic rings. The molecule has 1 fully saturated rings. The van der Waals surface area contributed by atoms with Crippen molar-refractivity contribution in [2.45, 2.75) is 25.9 Å². The van der Waals surface area contributed by atoms with Gasteiger partial charge in [0, 0.05) is 24.2 Å². The van der Waals surface area contributed by atoms with Crippen LogP contribution in [0.1, 0.15) is 18.9 Å². The third-order valence-corrected chi connectivity index (χ3v) is 5.98. The lowest BCUT2D eigenvalue weighted by Crippen LogP contribution is -2.45. The minimum absolute atomic E-state index is 0.0725. The summed E-state index contributed by atoms with van der Waals surface area (Å²) in [6.45, 7) is 3.07. The van der Waals surface area contributed by atoms with Gasteiger partial charge in [-0.15, -0.1) is 0 Å². The molecule has 122 valence electrons. The van der Waals surface area contributed by atoms with Crippen molar-refractivity contribution in [3.8, 4) is 0 Å². The number of hydrogen-bond donors (Lipinski definition) is 1. The second-order valence-electron chi connectivity index (χ2n) is 5.43. The normalized spacial score (nSPS) is 20.0. The highest BCUT2D eigenvalue weighted by molar-refractivity contribution is 7.91. The molecule has 1 heterocycles. The first-order chi connectivity index (χ1) is 10.4. The van der Waals surface area contributed by atoms with Crippen molar-refractivity contribution in [2.24, 2.45) is 0 Å². The van der Waals surface area contributed by atoms with Crippen LogP contribution in [0.15, 0.2) is 24.3 Å². The highest BCUT2D eigenvalue weighted by Crippen LogP contribution is 2.18. The highest BCUT2D eigenvalue weighted by Gasteiger charge is 2.33. The maximum Gasteiger partial charge on any atom is 0.236 e. The van der Waals surface area contributed by atoms with Gasteiger partial charge in [-0.05, 0) is 25.0 Å². The molecule has 1 saturated heterocycles. The topological polar surface area (TPSA) is 66.5 Å². The molecule has 0 saturated carbocycles. The first-order valence-electron chi connectivity index (χ1n) is 7.37. The predicted molar refractivity (Wildman–Crippen MR) is 87.6 cm³/mol. The minimum Gasteiger partial charge on any atom is -0.338 e. The molecule has 0 spiro atoms. The van der Waals surface area contributed by atoms with Crippen LogP contribution in [0.3, 0.4) is 0 Å². The lowest BCUT2D eigenvalue weighted by molar-refractivity contribution is -0.131. The molecule has 1 aliphatic heterocycles. The van der Waals surface area contributed by atoms with Crippen LogP contribution in [-0.4, -0.2) is 49.9 Å². The van der Waals surface area contributed by atoms with E-state index in [1.54, 1.807) is 4.90 Å². The Hall–Kier alpha value is -1.11. The first-order valence-corrected chi connectivity index (χ1v) is 9.57. The number of carbonyl (C=O) groups excluding carboxylic acids is 1. The number of nitrogens with one attached hydrogen (secondary N) is 1. The maximum atomic E-state index is 12.3. The predicted octanol–water partition coefficient (Wildman–Crippen LogP) is 1.47. The van der Waals surface area contributed by atoms with E-state index in [4.69, 9.17) is 11.6 Å². The van der Waals surface area contributed by atoms with Crippen LogP contribution in [-0.2, 0) is 21.2 Å². The van der Waals surface area contributed by atoms with Gasteiger partial charge in [0.1, 0.15) is 0 Å². The van der Waals surface area contributed by atoms with Gasteiger partial charge in [-0.3, -0.25) is 4.79 Å². The Morgan fingerprint density at radius 3 is 2.73 bits per heavy atom. The van der Waals surface area contributed by atoms with Gasteiger partial charge < -0.3 is 10.2 Å². The van der Waals surface area contributed by atoms with E-state index in [9.17, 15) is 13.2 Å². The highest BCUT2D eigenvalue weighted by atomic mass is 35.5. The summed E-state index contributed by atoms with van der Waals surface area (Å²) < 4.78 is 23.1. The van der Waals surface area contributed by atoms with E-state index < -0.39 is 9.84 Å². The molecule has 0 aromatic heterocycles. The van der Waals surface area contributed by atoms with Gasteiger partial charge in [-0.25, -0.2) is 8.42 Å². The second kappa shape index (κ2) is 7.44. The van der Waals surface area contributed by atoms with Gasteiger partial charge in [0.05, 0.1) is 18.1 Å². The Balaban J connectivity index is 1.87. The summed E-state index contributed by atoms with van der Waals surface area (Å²) in [5, 5.41) is 3.74. The van der Waals surface area contributed by atoms with Gasteiger partial charge in [-0.2, -0.15) is 0 Å². The van der Waals surface area contributed by atoms with E-state index in [1.807, 2.05) is 31.2 Å². The minimum atomic E-state index is -2.98. The summed E-state index contributed by atoms with van der Waals surface area (Å²) >= 11 is 6.06. The number of sulfone groups is 1. The van der Waals surface area contributed by atoms with Crippen molar-refractivity contribution in [3.63, 3.8) is 0 Å². The molecule has 5 nitrogen and oxygen atoms in total. The molecule has 0 radical (unpaired) electrons. The van der Waals surface area contributed by atoms with E-state index in [-0.39, 0.29) is 30.0 Å². The van der Waals surface area contributed by atoms with Gasteiger partial charge >= 0.3 is 0 Å². The van der Waals surface area contributed by atoms with Crippen molar-refractivity contribution >= 4 is 27.3 Å². The summed E-state index contributed by atoms with van der Waals surface area (Å²) in [6, 6.07) is 7.27. The fraction of sp³-hybridized carbons (Fsp3) is 0.533. The molecule has 1 amide bonds. The molecular formula is C15H21ClN2O3S. The third kappa shape index (κ3) is 4.44. The Labute approximate surface area is 136 Å². The van der Waals surface area contributed by atoms with Crippen LogP contribution in [0.2, 0.25) is 5.02 Å². The molecule has 1 aliphatic rings. The fourth-order valence-corrected chi connectivity index (χ4v) is 4.64. The largest absolute Gasteiger partial charge is 0.338 e. The Morgan fingerprint density at radius 2 is 2.14 bits per heavy atom. The Bertz CT molecular complexity index is 633. The van der Waals surface area contributed by atoms with Crippen LogP contribution in [0.4, 0.5) is 0 Å². The van der Waals surface area contributed by atoms with Crippen LogP contribution in [0.25, 0.3) is 0 Å². The molecule has 1 N–H and O–H groups in total. The lowest BCUT2D eigenvalue weighted by Gasteiger charge is -2.27. The van der Waals surface area contributed by atoms with Crippen molar-refractivity contribution in [1.29, 1.82) is 0 Å². The van der Waals surface area contributed by atoms with Crippen LogP contribution in [0, 0.1) is 0 Å². The van der Waals surface area contributed by atoms with Crippen LogP contribution < -0.4 is 5.32 Å². The molecule has 0 aliphatic carbocycles. The monoisotopic (exact) mass is 344 g/mol. The van der Waals surface area contributed by atoms with Crippen molar-refractivity contribution < 1.29 is 13.2 Å². The second-order valence-corrected chi connectivity index (χ2v) is 8.07. The van der Waals surface area contributed by atoms with E-state index in [1.165, 1.54) is 0 Å². The zero-order valence-corrected chi connectivity index (χ0v) is 14.2. The van der Waals surface area contributed by atoms with E-state index in [0.29, 0.717) is 24.5 Å². The van der Waals surface area contributed by atoms with Gasteiger partial charge in [0.25, 0.3) is 0 Å². The van der Waals surface area contributed by atoms with Crippen molar-refractivity contribution in [1.82, 2.24) is 10.2 Å². The number of amides is 1.